The van der Waals surface area contributed by atoms with E-state index in [2.05, 4.69) is 10.2 Å². The molecule has 0 saturated carbocycles. The molecule has 4 aromatic rings. The molecule has 1 aliphatic heterocycles. The summed E-state index contributed by atoms with van der Waals surface area (Å²) in [5.74, 6) is -0.124. The highest BCUT2D eigenvalue weighted by Crippen LogP contribution is 2.44. The third-order valence-corrected chi connectivity index (χ3v) is 8.91. The molecule has 1 atom stereocenters. The number of carbonyl (C=O) groups is 2. The monoisotopic (exact) mass is 621 g/mol. The van der Waals surface area contributed by atoms with Crippen molar-refractivity contribution < 1.29 is 24.2 Å². The number of ketones is 1. The van der Waals surface area contributed by atoms with Crippen molar-refractivity contribution in [1.29, 1.82) is 0 Å². The average Bonchev–Trinajstić information content (AvgIpc) is 3.57. The zero-order valence-corrected chi connectivity index (χ0v) is 25.3. The molecule has 11 heteroatoms. The van der Waals surface area contributed by atoms with E-state index >= 15 is 0 Å². The van der Waals surface area contributed by atoms with Crippen molar-refractivity contribution in [2.24, 2.45) is 0 Å². The Kier molecular flexibility index (Phi) is 9.46. The van der Waals surface area contributed by atoms with E-state index in [9.17, 15) is 14.7 Å². The lowest BCUT2D eigenvalue weighted by molar-refractivity contribution is -0.132. The minimum atomic E-state index is -0.948. The largest absolute Gasteiger partial charge is 0.507 e. The fourth-order valence-electron chi connectivity index (χ4n) is 4.48. The summed E-state index contributed by atoms with van der Waals surface area (Å²) in [6.45, 7) is 4.89. The molecule has 1 amide bonds. The molecule has 8 nitrogen and oxygen atoms in total. The molecule has 1 aliphatic rings. The number of rotatable bonds is 11. The Hall–Kier alpha value is -3.86. The van der Waals surface area contributed by atoms with Crippen LogP contribution in [0.15, 0.2) is 82.7 Å². The van der Waals surface area contributed by atoms with Gasteiger partial charge in [0.2, 0.25) is 5.13 Å². The van der Waals surface area contributed by atoms with E-state index in [4.69, 9.17) is 21.1 Å². The van der Waals surface area contributed by atoms with Gasteiger partial charge in [0.1, 0.15) is 17.3 Å². The molecule has 3 aromatic carbocycles. The number of Topliss-reactive ketones (excluding diaryl/α,β-unsaturated/α-hetero) is 1. The van der Waals surface area contributed by atoms with Crippen molar-refractivity contribution in [1.82, 2.24) is 10.2 Å². The molecule has 1 N–H and O–H groups in total. The van der Waals surface area contributed by atoms with Crippen LogP contribution in [0.4, 0.5) is 5.13 Å². The predicted octanol–water partition coefficient (Wildman–Crippen LogP) is 7.30. The number of ether oxygens (including phenoxy) is 2. The lowest BCUT2D eigenvalue weighted by atomic mass is 9.95. The molecule has 5 rings (SSSR count). The number of aliphatic hydroxyl groups excluding tert-OH is 1. The highest BCUT2D eigenvalue weighted by molar-refractivity contribution is 8.00. The van der Waals surface area contributed by atoms with Crippen LogP contribution in [0.2, 0.25) is 5.02 Å². The van der Waals surface area contributed by atoms with Gasteiger partial charge in [0, 0.05) is 16.3 Å². The summed E-state index contributed by atoms with van der Waals surface area (Å²) in [5.41, 5.74) is 1.87. The zero-order chi connectivity index (χ0) is 29.6. The molecule has 2 heterocycles. The molecular weight excluding hydrogens is 594 g/mol. The second-order valence-corrected chi connectivity index (χ2v) is 11.9. The number of carbonyl (C=O) groups excluding carboxylic acids is 2. The number of benzene rings is 3. The smallest absolute Gasteiger partial charge is 0.301 e. The van der Waals surface area contributed by atoms with Crippen LogP contribution in [0.25, 0.3) is 5.76 Å². The van der Waals surface area contributed by atoms with E-state index < -0.39 is 17.7 Å². The van der Waals surface area contributed by atoms with Crippen molar-refractivity contribution in [3.8, 4) is 11.5 Å². The van der Waals surface area contributed by atoms with Crippen LogP contribution in [-0.4, -0.2) is 40.2 Å². The first-order chi connectivity index (χ1) is 20.4. The van der Waals surface area contributed by atoms with Crippen molar-refractivity contribution in [3.63, 3.8) is 0 Å². The predicted molar refractivity (Wildman–Crippen MR) is 166 cm³/mol. The summed E-state index contributed by atoms with van der Waals surface area (Å²) in [4.78, 5) is 28.4. The number of hydrogen-bond acceptors (Lipinski definition) is 9. The number of aliphatic hydroxyl groups is 1. The highest BCUT2D eigenvalue weighted by atomic mass is 35.5. The number of halogens is 1. The van der Waals surface area contributed by atoms with E-state index in [1.807, 2.05) is 38.1 Å². The minimum Gasteiger partial charge on any atom is -0.507 e. The second-order valence-electron chi connectivity index (χ2n) is 9.28. The van der Waals surface area contributed by atoms with Gasteiger partial charge in [0.05, 0.1) is 24.8 Å². The van der Waals surface area contributed by atoms with Crippen molar-refractivity contribution in [2.45, 2.75) is 36.4 Å². The molecule has 1 fully saturated rings. The Bertz CT molecular complexity index is 1620. The SMILES string of the molecule is CCCOc1ccc(C(O)=C2C(=O)C(=O)N(c3nnc(SCc4ccccc4Cl)s3)C2c2cccc(OCC)c2)cc1. The number of anilines is 1. The van der Waals surface area contributed by atoms with E-state index in [0.717, 1.165) is 12.0 Å². The molecule has 0 radical (unpaired) electrons. The van der Waals surface area contributed by atoms with Gasteiger partial charge in [0.25, 0.3) is 5.78 Å². The third-order valence-electron chi connectivity index (χ3n) is 6.44. The number of amides is 1. The maximum absolute atomic E-state index is 13.5. The summed E-state index contributed by atoms with van der Waals surface area (Å²) >= 11 is 8.92. The Morgan fingerprint density at radius 3 is 2.52 bits per heavy atom. The van der Waals surface area contributed by atoms with Gasteiger partial charge in [-0.2, -0.15) is 0 Å². The summed E-state index contributed by atoms with van der Waals surface area (Å²) < 4.78 is 11.9. The van der Waals surface area contributed by atoms with Crippen LogP contribution in [0.1, 0.15) is 43.0 Å². The first-order valence-electron chi connectivity index (χ1n) is 13.4. The maximum atomic E-state index is 13.5. The van der Waals surface area contributed by atoms with Gasteiger partial charge in [-0.15, -0.1) is 10.2 Å². The normalized spacial score (nSPS) is 16.2. The molecular formula is C31H28ClN3O5S2. The Balaban J connectivity index is 1.53. The number of hydrogen-bond donors (Lipinski definition) is 1. The lowest BCUT2D eigenvalue weighted by Gasteiger charge is -2.23. The van der Waals surface area contributed by atoms with Gasteiger partial charge in [-0.25, -0.2) is 0 Å². The highest BCUT2D eigenvalue weighted by Gasteiger charge is 2.48. The molecule has 0 aliphatic carbocycles. The van der Waals surface area contributed by atoms with Crippen LogP contribution in [0, 0.1) is 0 Å². The summed E-state index contributed by atoms with van der Waals surface area (Å²) in [7, 11) is 0. The Labute approximate surface area is 257 Å². The fraction of sp³-hybridized carbons (Fsp3) is 0.226. The first-order valence-corrected chi connectivity index (χ1v) is 15.6. The quantitative estimate of drug-likeness (QED) is 0.0612. The zero-order valence-electron chi connectivity index (χ0n) is 23.0. The Morgan fingerprint density at radius 1 is 1.00 bits per heavy atom. The molecule has 1 saturated heterocycles. The van der Waals surface area contributed by atoms with Crippen LogP contribution in [0.3, 0.4) is 0 Å². The molecule has 0 bridgehead atoms. The van der Waals surface area contributed by atoms with Crippen LogP contribution < -0.4 is 14.4 Å². The standard InChI is InChI=1S/C31H28ClN3O5S2/c1-3-16-40-22-14-12-19(13-15-22)27(36)25-26(20-9-7-10-23(17-20)39-4-2)35(29(38)28(25)37)30-33-34-31(42-30)41-18-21-8-5-6-11-24(21)32/h5-15,17,26,36H,3-4,16,18H2,1-2H3. The van der Waals surface area contributed by atoms with Gasteiger partial charge in [-0.3, -0.25) is 14.5 Å². The number of aromatic nitrogens is 2. The first kappa shape index (κ1) is 29.6. The summed E-state index contributed by atoms with van der Waals surface area (Å²) in [6, 6.07) is 20.5. The van der Waals surface area contributed by atoms with Crippen LogP contribution in [0.5, 0.6) is 11.5 Å². The van der Waals surface area contributed by atoms with Gasteiger partial charge < -0.3 is 14.6 Å². The third kappa shape index (κ3) is 6.30. The Morgan fingerprint density at radius 2 is 1.79 bits per heavy atom. The van der Waals surface area contributed by atoms with Gasteiger partial charge in [0.15, 0.2) is 4.34 Å². The molecule has 1 aromatic heterocycles. The van der Waals surface area contributed by atoms with Crippen LogP contribution >= 0.6 is 34.7 Å². The minimum absolute atomic E-state index is 0.0451. The van der Waals surface area contributed by atoms with Gasteiger partial charge in [-0.05, 0) is 66.9 Å². The summed E-state index contributed by atoms with van der Waals surface area (Å²) in [5, 5.41) is 20.9. The van der Waals surface area contributed by atoms with Gasteiger partial charge >= 0.3 is 5.91 Å². The molecule has 216 valence electrons. The van der Waals surface area contributed by atoms with E-state index in [0.29, 0.717) is 51.0 Å². The summed E-state index contributed by atoms with van der Waals surface area (Å²) in [6.07, 6.45) is 0.859. The van der Waals surface area contributed by atoms with E-state index in [1.54, 1.807) is 48.5 Å². The topological polar surface area (TPSA) is 102 Å². The van der Waals surface area contributed by atoms with Crippen molar-refractivity contribution >= 4 is 57.3 Å². The average molecular weight is 622 g/mol. The van der Waals surface area contributed by atoms with E-state index in [-0.39, 0.29) is 16.5 Å². The fourth-order valence-corrected chi connectivity index (χ4v) is 6.64. The number of nitrogens with zero attached hydrogens (tertiary/aromatic N) is 3. The lowest BCUT2D eigenvalue weighted by Crippen LogP contribution is -2.29. The maximum Gasteiger partial charge on any atom is 0.301 e. The molecule has 0 spiro atoms. The van der Waals surface area contributed by atoms with Crippen LogP contribution in [-0.2, 0) is 15.3 Å². The molecule has 1 unspecified atom stereocenters. The number of thioether (sulfide) groups is 1. The van der Waals surface area contributed by atoms with Crippen molar-refractivity contribution in [2.75, 3.05) is 18.1 Å². The van der Waals surface area contributed by atoms with E-state index in [1.165, 1.54) is 28.0 Å². The van der Waals surface area contributed by atoms with Gasteiger partial charge in [-0.1, -0.05) is 72.0 Å². The second kappa shape index (κ2) is 13.4. The van der Waals surface area contributed by atoms with Crippen molar-refractivity contribution in [3.05, 3.63) is 100 Å². The molecule has 42 heavy (non-hydrogen) atoms.